The van der Waals surface area contributed by atoms with E-state index in [1.807, 2.05) is 19.1 Å². The molecule has 3 rings (SSSR count). The molecule has 2 aliphatic heterocycles. The highest BCUT2D eigenvalue weighted by Gasteiger charge is 2.33. The summed E-state index contributed by atoms with van der Waals surface area (Å²) < 4.78 is 5.54. The normalized spacial score (nSPS) is 27.5. The molecule has 3 atom stereocenters. The van der Waals surface area contributed by atoms with Crippen LogP contribution in [0.15, 0.2) is 24.3 Å². The first-order chi connectivity index (χ1) is 12.1. The Morgan fingerprint density at radius 1 is 1.08 bits per heavy atom. The number of rotatable bonds is 5. The van der Waals surface area contributed by atoms with Gasteiger partial charge in [-0.3, -0.25) is 9.69 Å². The van der Waals surface area contributed by atoms with Gasteiger partial charge in [-0.25, -0.2) is 0 Å². The second kappa shape index (κ2) is 8.22. The second-order valence-electron chi connectivity index (χ2n) is 7.56. The van der Waals surface area contributed by atoms with Crippen LogP contribution in [-0.2, 0) is 4.79 Å². The molecule has 0 radical (unpaired) electrons. The minimum atomic E-state index is 0.303. The number of piperidine rings is 1. The molecule has 0 bridgehead atoms. The van der Waals surface area contributed by atoms with E-state index in [0.717, 1.165) is 38.0 Å². The molecule has 2 saturated heterocycles. The van der Waals surface area contributed by atoms with Crippen LogP contribution in [0.5, 0.6) is 5.75 Å². The predicted molar refractivity (Wildman–Crippen MR) is 101 cm³/mol. The summed E-state index contributed by atoms with van der Waals surface area (Å²) in [5, 5.41) is 0. The van der Waals surface area contributed by atoms with Crippen LogP contribution >= 0.6 is 0 Å². The third-order valence-corrected chi connectivity index (χ3v) is 5.76. The Morgan fingerprint density at radius 2 is 1.76 bits per heavy atom. The summed E-state index contributed by atoms with van der Waals surface area (Å²) in [6.07, 6.45) is 5.81. The standard InChI is InChI=1S/C21H32N2O2/c1-4-25-19-12-10-18(11-13-19)20-9-6-14-22(20)15-21(24)23-16(2)7-5-8-17(23)3/h10-13,16-17,20H,4-9,14-15H2,1-3H3/t16-,17-,20-/m0/s1. The zero-order valence-corrected chi connectivity index (χ0v) is 15.9. The number of hydrogen-bond acceptors (Lipinski definition) is 3. The predicted octanol–water partition coefficient (Wildman–Crippen LogP) is 4.01. The van der Waals surface area contributed by atoms with Crippen LogP contribution in [0.1, 0.15) is 64.5 Å². The molecule has 4 nitrogen and oxygen atoms in total. The van der Waals surface area contributed by atoms with Gasteiger partial charge in [0.15, 0.2) is 0 Å². The van der Waals surface area contributed by atoms with Gasteiger partial charge in [0.1, 0.15) is 5.75 Å². The number of ether oxygens (including phenoxy) is 1. The minimum absolute atomic E-state index is 0.303. The van der Waals surface area contributed by atoms with E-state index in [0.29, 0.717) is 37.2 Å². The van der Waals surface area contributed by atoms with E-state index >= 15 is 0 Å². The summed E-state index contributed by atoms with van der Waals surface area (Å²) in [4.78, 5) is 17.5. The van der Waals surface area contributed by atoms with Crippen molar-refractivity contribution in [3.63, 3.8) is 0 Å². The monoisotopic (exact) mass is 344 g/mol. The van der Waals surface area contributed by atoms with Gasteiger partial charge in [0, 0.05) is 18.1 Å². The molecule has 0 saturated carbocycles. The highest BCUT2D eigenvalue weighted by Crippen LogP contribution is 2.33. The van der Waals surface area contributed by atoms with Crippen molar-refractivity contribution in [1.29, 1.82) is 0 Å². The summed E-state index contributed by atoms with van der Waals surface area (Å²) in [7, 11) is 0. The van der Waals surface area contributed by atoms with Crippen LogP contribution in [0.25, 0.3) is 0 Å². The molecule has 25 heavy (non-hydrogen) atoms. The Balaban J connectivity index is 1.66. The number of benzene rings is 1. The lowest BCUT2D eigenvalue weighted by Crippen LogP contribution is -2.51. The van der Waals surface area contributed by atoms with Gasteiger partial charge < -0.3 is 9.64 Å². The first-order valence-electron chi connectivity index (χ1n) is 9.88. The van der Waals surface area contributed by atoms with Crippen LogP contribution < -0.4 is 4.74 Å². The Morgan fingerprint density at radius 3 is 2.40 bits per heavy atom. The molecule has 1 aromatic carbocycles. The summed E-state index contributed by atoms with van der Waals surface area (Å²) in [6, 6.07) is 9.52. The maximum absolute atomic E-state index is 13.0. The molecule has 2 aliphatic rings. The van der Waals surface area contributed by atoms with Crippen molar-refractivity contribution in [2.75, 3.05) is 19.7 Å². The zero-order valence-electron chi connectivity index (χ0n) is 15.9. The molecule has 0 aromatic heterocycles. The lowest BCUT2D eigenvalue weighted by Gasteiger charge is -2.40. The second-order valence-corrected chi connectivity index (χ2v) is 7.56. The van der Waals surface area contributed by atoms with E-state index < -0.39 is 0 Å². The van der Waals surface area contributed by atoms with Crippen molar-refractivity contribution in [3.8, 4) is 5.75 Å². The first-order valence-corrected chi connectivity index (χ1v) is 9.88. The van der Waals surface area contributed by atoms with Crippen LogP contribution in [0.4, 0.5) is 0 Å². The van der Waals surface area contributed by atoms with Crippen molar-refractivity contribution in [2.45, 2.75) is 71.0 Å². The number of nitrogens with zero attached hydrogens (tertiary/aromatic N) is 2. The average Bonchev–Trinajstić information content (AvgIpc) is 3.04. The maximum atomic E-state index is 13.0. The number of likely N-dealkylation sites (tertiary alicyclic amines) is 2. The molecule has 0 aliphatic carbocycles. The number of hydrogen-bond donors (Lipinski definition) is 0. The van der Waals surface area contributed by atoms with Gasteiger partial charge in [-0.1, -0.05) is 12.1 Å². The van der Waals surface area contributed by atoms with Crippen molar-refractivity contribution < 1.29 is 9.53 Å². The Bertz CT molecular complexity index is 562. The van der Waals surface area contributed by atoms with Crippen molar-refractivity contribution in [3.05, 3.63) is 29.8 Å². The van der Waals surface area contributed by atoms with E-state index in [-0.39, 0.29) is 0 Å². The molecule has 1 aromatic rings. The zero-order chi connectivity index (χ0) is 17.8. The topological polar surface area (TPSA) is 32.8 Å². The lowest BCUT2D eigenvalue weighted by molar-refractivity contribution is -0.138. The smallest absolute Gasteiger partial charge is 0.237 e. The van der Waals surface area contributed by atoms with E-state index in [1.54, 1.807) is 0 Å². The third kappa shape index (κ3) is 4.17. The van der Waals surface area contributed by atoms with Crippen LogP contribution in [0, 0.1) is 0 Å². The quantitative estimate of drug-likeness (QED) is 0.809. The van der Waals surface area contributed by atoms with Gasteiger partial charge in [-0.15, -0.1) is 0 Å². The van der Waals surface area contributed by atoms with Crippen LogP contribution in [0.3, 0.4) is 0 Å². The number of carbonyl (C=O) groups is 1. The molecule has 0 unspecified atom stereocenters. The summed E-state index contributed by atoms with van der Waals surface area (Å²) in [6.45, 7) is 8.64. The third-order valence-electron chi connectivity index (χ3n) is 5.76. The van der Waals surface area contributed by atoms with Gasteiger partial charge >= 0.3 is 0 Å². The Hall–Kier alpha value is -1.55. The van der Waals surface area contributed by atoms with Crippen LogP contribution in [0.2, 0.25) is 0 Å². The van der Waals surface area contributed by atoms with Crippen molar-refractivity contribution >= 4 is 5.91 Å². The Kier molecular flexibility index (Phi) is 6.00. The fraction of sp³-hybridized carbons (Fsp3) is 0.667. The summed E-state index contributed by atoms with van der Waals surface area (Å²) >= 11 is 0. The highest BCUT2D eigenvalue weighted by atomic mass is 16.5. The maximum Gasteiger partial charge on any atom is 0.237 e. The minimum Gasteiger partial charge on any atom is -0.494 e. The van der Waals surface area contributed by atoms with Gasteiger partial charge in [0.25, 0.3) is 0 Å². The van der Waals surface area contributed by atoms with E-state index in [2.05, 4.69) is 35.8 Å². The molecule has 0 N–H and O–H groups in total. The molecule has 138 valence electrons. The average molecular weight is 344 g/mol. The molecule has 2 heterocycles. The Labute approximate surface area is 152 Å². The number of carbonyl (C=O) groups excluding carboxylic acids is 1. The van der Waals surface area contributed by atoms with E-state index in [9.17, 15) is 4.79 Å². The van der Waals surface area contributed by atoms with Crippen molar-refractivity contribution in [1.82, 2.24) is 9.80 Å². The number of amides is 1. The summed E-state index contributed by atoms with van der Waals surface area (Å²) in [5.74, 6) is 1.22. The lowest BCUT2D eigenvalue weighted by atomic mass is 9.97. The van der Waals surface area contributed by atoms with Gasteiger partial charge in [-0.05, 0) is 77.1 Å². The molecular formula is C21H32N2O2. The van der Waals surface area contributed by atoms with Gasteiger partial charge in [0.2, 0.25) is 5.91 Å². The molecule has 2 fully saturated rings. The van der Waals surface area contributed by atoms with Gasteiger partial charge in [-0.2, -0.15) is 0 Å². The van der Waals surface area contributed by atoms with Crippen LogP contribution in [-0.4, -0.2) is 47.5 Å². The summed E-state index contributed by atoms with van der Waals surface area (Å²) in [5.41, 5.74) is 1.30. The fourth-order valence-electron chi connectivity index (χ4n) is 4.51. The van der Waals surface area contributed by atoms with E-state index in [4.69, 9.17) is 4.74 Å². The van der Waals surface area contributed by atoms with Crippen molar-refractivity contribution in [2.24, 2.45) is 0 Å². The largest absolute Gasteiger partial charge is 0.494 e. The molecule has 4 heteroatoms. The highest BCUT2D eigenvalue weighted by molar-refractivity contribution is 5.79. The first kappa shape index (κ1) is 18.2. The van der Waals surface area contributed by atoms with Gasteiger partial charge in [0.05, 0.1) is 13.2 Å². The SMILES string of the molecule is CCOc1ccc([C@@H]2CCCN2CC(=O)N2[C@@H](C)CCC[C@@H]2C)cc1. The molecular weight excluding hydrogens is 312 g/mol. The molecule has 1 amide bonds. The fourth-order valence-corrected chi connectivity index (χ4v) is 4.51. The molecule has 0 spiro atoms. The van der Waals surface area contributed by atoms with E-state index in [1.165, 1.54) is 12.0 Å².